The van der Waals surface area contributed by atoms with E-state index in [1.165, 1.54) is 180 Å². The van der Waals surface area contributed by atoms with Crippen molar-refractivity contribution in [2.45, 2.75) is 201 Å². The van der Waals surface area contributed by atoms with E-state index >= 15 is 0 Å². The maximum atomic E-state index is 9.00. The Morgan fingerprint density at radius 3 is 0.809 bits per heavy atom. The number of carboxylic acid groups (broad SMARTS) is 1. The van der Waals surface area contributed by atoms with Gasteiger partial charge in [0.15, 0.2) is 0 Å². The fourth-order valence-corrected chi connectivity index (χ4v) is 5.66. The molecule has 7 nitrogen and oxygen atoms in total. The largest absolute Gasteiger partial charge is 0.481 e. The molecule has 0 aromatic rings. The van der Waals surface area contributed by atoms with E-state index in [4.69, 9.17) is 30.0 Å². The van der Waals surface area contributed by atoms with E-state index in [0.717, 1.165) is 20.1 Å². The van der Waals surface area contributed by atoms with Gasteiger partial charge in [0.05, 0.1) is 19.8 Å². The van der Waals surface area contributed by atoms with Crippen molar-refractivity contribution in [3.63, 3.8) is 0 Å². The van der Waals surface area contributed by atoms with Crippen LogP contribution in [0.3, 0.4) is 0 Å². The van der Waals surface area contributed by atoms with E-state index in [-0.39, 0.29) is 19.8 Å². The second kappa shape index (κ2) is 49.7. The average Bonchev–Trinajstić information content (AvgIpc) is 3.04. The van der Waals surface area contributed by atoms with E-state index in [0.29, 0.717) is 19.6 Å². The first kappa shape index (κ1) is 50.6. The zero-order valence-corrected chi connectivity index (χ0v) is 32.0. The molecule has 7 heteroatoms. The van der Waals surface area contributed by atoms with Gasteiger partial charge in [-0.1, -0.05) is 181 Å². The summed E-state index contributed by atoms with van der Waals surface area (Å²) in [7, 11) is 0. The van der Waals surface area contributed by atoms with Gasteiger partial charge in [0.2, 0.25) is 0 Å². The molecule has 0 rings (SSSR count). The number of carbonyl (C=O) groups is 1. The number of hydrogen-bond donors (Lipinski definition) is 4. The lowest BCUT2D eigenvalue weighted by molar-refractivity contribution is -0.134. The SMILES string of the molecule is CC(=O)O.CCCCCCCCCCCCCCCCOCCCCCCCCCCCCCCCC.OCCN(CCO)CCO. The van der Waals surface area contributed by atoms with Gasteiger partial charge < -0.3 is 25.2 Å². The molecule has 47 heavy (non-hydrogen) atoms. The van der Waals surface area contributed by atoms with Crippen molar-refractivity contribution in [2.75, 3.05) is 52.7 Å². The standard InChI is InChI=1S/C32H66O.C6H15NO3.C2H4O2/c1-3-5-7-9-11-13-15-17-19-21-23-25-27-29-31-33-32-30-28-26-24-22-20-18-16-14-12-10-8-6-4-2;8-4-1-7(2-5-9)3-6-10;1-2(3)4/h3-32H2,1-2H3;8-10H,1-6H2;1H3,(H,3,4). The van der Waals surface area contributed by atoms with Crippen molar-refractivity contribution in [2.24, 2.45) is 0 Å². The van der Waals surface area contributed by atoms with Crippen LogP contribution < -0.4 is 0 Å². The molecule has 0 aliphatic carbocycles. The summed E-state index contributed by atoms with van der Waals surface area (Å²) in [6, 6.07) is 0. The van der Waals surface area contributed by atoms with Crippen LogP contribution in [0.25, 0.3) is 0 Å². The molecule has 4 N–H and O–H groups in total. The molecule has 0 fully saturated rings. The number of aliphatic hydroxyl groups is 3. The van der Waals surface area contributed by atoms with E-state index in [2.05, 4.69) is 13.8 Å². The predicted octanol–water partition coefficient (Wildman–Crippen LogP) is 10.3. The van der Waals surface area contributed by atoms with Gasteiger partial charge in [-0.3, -0.25) is 9.69 Å². The minimum Gasteiger partial charge on any atom is -0.481 e. The van der Waals surface area contributed by atoms with Gasteiger partial charge in [-0.15, -0.1) is 0 Å². The third-order valence-corrected chi connectivity index (χ3v) is 8.53. The number of nitrogens with zero attached hydrogens (tertiary/aromatic N) is 1. The topological polar surface area (TPSA) is 110 Å². The second-order valence-corrected chi connectivity index (χ2v) is 13.3. The lowest BCUT2D eigenvalue weighted by Crippen LogP contribution is -2.32. The fourth-order valence-electron chi connectivity index (χ4n) is 5.66. The maximum absolute atomic E-state index is 9.00. The number of aliphatic hydroxyl groups excluding tert-OH is 3. The molecule has 0 saturated carbocycles. The molecule has 0 aromatic heterocycles. The third-order valence-electron chi connectivity index (χ3n) is 8.53. The second-order valence-electron chi connectivity index (χ2n) is 13.3. The van der Waals surface area contributed by atoms with Crippen LogP contribution in [-0.4, -0.2) is 84.0 Å². The molecule has 0 spiro atoms. The first-order valence-electron chi connectivity index (χ1n) is 20.3. The average molecular weight is 676 g/mol. The molecule has 0 aromatic carbocycles. The van der Waals surface area contributed by atoms with Gasteiger partial charge >= 0.3 is 0 Å². The van der Waals surface area contributed by atoms with Crippen molar-refractivity contribution in [3.05, 3.63) is 0 Å². The molecular weight excluding hydrogens is 590 g/mol. The summed E-state index contributed by atoms with van der Waals surface area (Å²) in [6.07, 6.45) is 40.1. The van der Waals surface area contributed by atoms with Gasteiger partial charge in [0.1, 0.15) is 0 Å². The van der Waals surface area contributed by atoms with Crippen molar-refractivity contribution < 1.29 is 30.0 Å². The van der Waals surface area contributed by atoms with Gasteiger partial charge in [0, 0.05) is 39.8 Å². The summed E-state index contributed by atoms with van der Waals surface area (Å²) >= 11 is 0. The normalized spacial score (nSPS) is 10.9. The van der Waals surface area contributed by atoms with Gasteiger partial charge in [-0.2, -0.15) is 0 Å². The van der Waals surface area contributed by atoms with Crippen LogP contribution in [0, 0.1) is 0 Å². The van der Waals surface area contributed by atoms with E-state index in [9.17, 15) is 0 Å². The van der Waals surface area contributed by atoms with Crippen molar-refractivity contribution >= 4 is 5.97 Å². The monoisotopic (exact) mass is 676 g/mol. The Balaban J connectivity index is -0.00000114. The highest BCUT2D eigenvalue weighted by Gasteiger charge is 2.00. The Labute approximate surface area is 293 Å². The molecule has 0 heterocycles. The Hall–Kier alpha value is -0.730. The molecule has 0 amide bonds. The number of ether oxygens (including phenoxy) is 1. The van der Waals surface area contributed by atoms with Crippen molar-refractivity contribution in [3.8, 4) is 0 Å². The number of hydrogen-bond acceptors (Lipinski definition) is 6. The number of aliphatic carboxylic acids is 1. The number of carboxylic acids is 1. The van der Waals surface area contributed by atoms with Gasteiger partial charge in [-0.25, -0.2) is 0 Å². The first-order chi connectivity index (χ1) is 23.0. The maximum Gasteiger partial charge on any atom is 0.300 e. The zero-order valence-electron chi connectivity index (χ0n) is 32.0. The highest BCUT2D eigenvalue weighted by atomic mass is 16.5. The molecule has 0 unspecified atom stereocenters. The molecule has 0 aliphatic rings. The minimum absolute atomic E-state index is 0.0694. The van der Waals surface area contributed by atoms with Crippen LogP contribution in [0.4, 0.5) is 0 Å². The first-order valence-corrected chi connectivity index (χ1v) is 20.3. The lowest BCUT2D eigenvalue weighted by atomic mass is 10.0. The van der Waals surface area contributed by atoms with Crippen LogP contribution in [0.5, 0.6) is 0 Å². The van der Waals surface area contributed by atoms with Crippen LogP contribution in [0.2, 0.25) is 0 Å². The van der Waals surface area contributed by atoms with Crippen LogP contribution in [0.1, 0.15) is 201 Å². The summed E-state index contributed by atoms with van der Waals surface area (Å²) in [5.74, 6) is -0.833. The Morgan fingerprint density at radius 2 is 0.617 bits per heavy atom. The molecule has 0 bridgehead atoms. The van der Waals surface area contributed by atoms with Crippen molar-refractivity contribution in [1.29, 1.82) is 0 Å². The summed E-state index contributed by atoms with van der Waals surface area (Å²) in [4.78, 5) is 10.8. The Bertz CT molecular complexity index is 489. The zero-order chi connectivity index (χ0) is 35.3. The molecule has 0 aliphatic heterocycles. The Kier molecular flexibility index (Phi) is 53.5. The molecule has 0 saturated heterocycles. The number of unbranched alkanes of at least 4 members (excludes halogenated alkanes) is 26. The molecule has 286 valence electrons. The van der Waals surface area contributed by atoms with Gasteiger partial charge in [-0.05, 0) is 12.8 Å². The fraction of sp³-hybridized carbons (Fsp3) is 0.975. The predicted molar refractivity (Wildman–Crippen MR) is 202 cm³/mol. The van der Waals surface area contributed by atoms with Crippen molar-refractivity contribution in [1.82, 2.24) is 4.90 Å². The minimum atomic E-state index is -0.833. The lowest BCUT2D eigenvalue weighted by Gasteiger charge is -2.17. The van der Waals surface area contributed by atoms with Gasteiger partial charge in [0.25, 0.3) is 5.97 Å². The summed E-state index contributed by atoms with van der Waals surface area (Å²) in [5, 5.41) is 32.9. The smallest absolute Gasteiger partial charge is 0.300 e. The quantitative estimate of drug-likeness (QED) is 0.0489. The molecular formula is C40H85NO6. The van der Waals surface area contributed by atoms with Crippen LogP contribution in [0.15, 0.2) is 0 Å². The molecule has 0 radical (unpaired) electrons. The van der Waals surface area contributed by atoms with Crippen LogP contribution in [-0.2, 0) is 9.53 Å². The van der Waals surface area contributed by atoms with E-state index < -0.39 is 5.97 Å². The van der Waals surface area contributed by atoms with Crippen LogP contribution >= 0.6 is 0 Å². The number of rotatable bonds is 36. The van der Waals surface area contributed by atoms with E-state index in [1.807, 2.05) is 0 Å². The summed E-state index contributed by atoms with van der Waals surface area (Å²) in [6.45, 7) is 9.43. The third kappa shape index (κ3) is 57.9. The van der Waals surface area contributed by atoms with E-state index in [1.54, 1.807) is 4.90 Å². The summed E-state index contributed by atoms with van der Waals surface area (Å²) in [5.41, 5.74) is 0. The highest BCUT2D eigenvalue weighted by molar-refractivity contribution is 5.62. The highest BCUT2D eigenvalue weighted by Crippen LogP contribution is 2.14. The Morgan fingerprint density at radius 1 is 0.426 bits per heavy atom. The summed E-state index contributed by atoms with van der Waals surface area (Å²) < 4.78 is 5.85. The molecule has 0 atom stereocenters.